The fourth-order valence-corrected chi connectivity index (χ4v) is 1.36. The van der Waals surface area contributed by atoms with E-state index in [1.807, 2.05) is 24.3 Å². The second kappa shape index (κ2) is 4.23. The van der Waals surface area contributed by atoms with Gasteiger partial charge in [-0.3, -0.25) is 0 Å². The van der Waals surface area contributed by atoms with Crippen molar-refractivity contribution < 1.29 is 4.39 Å². The fourth-order valence-electron chi connectivity index (χ4n) is 1.09. The number of halogens is 2. The fraction of sp³-hybridized carbons (Fsp3) is 0.455. The van der Waals surface area contributed by atoms with E-state index in [0.29, 0.717) is 6.42 Å². The van der Waals surface area contributed by atoms with Crippen LogP contribution in [0.1, 0.15) is 25.8 Å². The lowest BCUT2D eigenvalue weighted by Gasteiger charge is -2.13. The van der Waals surface area contributed by atoms with Gasteiger partial charge in [0.05, 0.1) is 0 Å². The molecular weight excluding hydrogens is 231 g/mol. The largest absolute Gasteiger partial charge is 0.244 e. The van der Waals surface area contributed by atoms with Gasteiger partial charge < -0.3 is 0 Å². The van der Waals surface area contributed by atoms with Gasteiger partial charge in [0.25, 0.3) is 0 Å². The monoisotopic (exact) mass is 244 g/mol. The maximum absolute atomic E-state index is 13.1. The Morgan fingerprint density at radius 2 is 1.77 bits per heavy atom. The second-order valence-electron chi connectivity index (χ2n) is 3.85. The molecule has 0 saturated carbocycles. The summed E-state index contributed by atoms with van der Waals surface area (Å²) in [5, 5.41) is 0. The number of rotatable bonds is 3. The zero-order chi connectivity index (χ0) is 9.90. The van der Waals surface area contributed by atoms with Crippen LogP contribution in [0.3, 0.4) is 0 Å². The van der Waals surface area contributed by atoms with Crippen molar-refractivity contribution in [1.29, 1.82) is 0 Å². The lowest BCUT2D eigenvalue weighted by atomic mass is 10.0. The molecule has 1 aromatic rings. The zero-order valence-electron chi connectivity index (χ0n) is 7.98. The molecule has 72 valence electrons. The first-order valence-electron chi connectivity index (χ1n) is 4.41. The highest BCUT2D eigenvalue weighted by molar-refractivity contribution is 9.10. The smallest absolute Gasteiger partial charge is 0.105 e. The number of hydrogen-bond acceptors (Lipinski definition) is 0. The van der Waals surface area contributed by atoms with Gasteiger partial charge in [0.2, 0.25) is 0 Å². The Morgan fingerprint density at radius 1 is 1.23 bits per heavy atom. The molecule has 0 fully saturated rings. The first-order valence-corrected chi connectivity index (χ1v) is 5.20. The van der Waals surface area contributed by atoms with Crippen LogP contribution in [0.25, 0.3) is 0 Å². The second-order valence-corrected chi connectivity index (χ2v) is 4.76. The van der Waals surface area contributed by atoms with E-state index in [1.54, 1.807) is 13.8 Å². The minimum absolute atomic E-state index is 0.578. The number of hydrogen-bond donors (Lipinski definition) is 0. The van der Waals surface area contributed by atoms with E-state index in [9.17, 15) is 4.39 Å². The summed E-state index contributed by atoms with van der Waals surface area (Å²) in [7, 11) is 0. The van der Waals surface area contributed by atoms with Crippen LogP contribution in [0, 0.1) is 0 Å². The van der Waals surface area contributed by atoms with Crippen LogP contribution in [-0.4, -0.2) is 5.67 Å². The lowest BCUT2D eigenvalue weighted by Crippen LogP contribution is -2.12. The van der Waals surface area contributed by atoms with Gasteiger partial charge in [-0.05, 0) is 44.4 Å². The Bertz CT molecular complexity index is 258. The van der Waals surface area contributed by atoms with Gasteiger partial charge in [0, 0.05) is 4.47 Å². The van der Waals surface area contributed by atoms with Crippen molar-refractivity contribution in [2.45, 2.75) is 32.4 Å². The van der Waals surface area contributed by atoms with Crippen molar-refractivity contribution in [1.82, 2.24) is 0 Å². The van der Waals surface area contributed by atoms with Gasteiger partial charge >= 0.3 is 0 Å². The zero-order valence-corrected chi connectivity index (χ0v) is 9.57. The molecule has 0 amide bonds. The highest BCUT2D eigenvalue weighted by atomic mass is 79.9. The minimum Gasteiger partial charge on any atom is -0.244 e. The molecule has 2 heteroatoms. The first kappa shape index (κ1) is 10.7. The molecule has 1 rings (SSSR count). The maximum atomic E-state index is 13.1. The van der Waals surface area contributed by atoms with E-state index in [1.165, 1.54) is 5.56 Å². The first-order chi connectivity index (χ1) is 5.97. The van der Waals surface area contributed by atoms with Crippen LogP contribution in [0.4, 0.5) is 4.39 Å². The molecule has 0 heterocycles. The van der Waals surface area contributed by atoms with E-state index >= 15 is 0 Å². The average Bonchev–Trinajstić information content (AvgIpc) is 2.02. The van der Waals surface area contributed by atoms with E-state index in [4.69, 9.17) is 0 Å². The third kappa shape index (κ3) is 4.41. The van der Waals surface area contributed by atoms with E-state index in [2.05, 4.69) is 15.9 Å². The molecule has 0 aliphatic rings. The molecule has 0 aromatic heterocycles. The normalized spacial score (nSPS) is 11.7. The van der Waals surface area contributed by atoms with Gasteiger partial charge in [-0.15, -0.1) is 0 Å². The predicted molar refractivity (Wildman–Crippen MR) is 57.7 cm³/mol. The standard InChI is InChI=1S/C11H14BrF/c1-11(2,13)8-7-9-3-5-10(12)6-4-9/h3-6H,7-8H2,1-2H3. The highest BCUT2D eigenvalue weighted by Gasteiger charge is 2.14. The summed E-state index contributed by atoms with van der Waals surface area (Å²) in [6.07, 6.45) is 1.38. The van der Waals surface area contributed by atoms with Crippen molar-refractivity contribution in [3.8, 4) is 0 Å². The van der Waals surface area contributed by atoms with Gasteiger partial charge in [0.15, 0.2) is 0 Å². The Hall–Kier alpha value is -0.370. The van der Waals surface area contributed by atoms with Crippen molar-refractivity contribution >= 4 is 15.9 Å². The summed E-state index contributed by atoms with van der Waals surface area (Å²) in [5.74, 6) is 0. The van der Waals surface area contributed by atoms with Gasteiger partial charge in [-0.2, -0.15) is 0 Å². The molecule has 0 unspecified atom stereocenters. The van der Waals surface area contributed by atoms with Crippen LogP contribution >= 0.6 is 15.9 Å². The molecule has 0 atom stereocenters. The van der Waals surface area contributed by atoms with Gasteiger partial charge in [-0.1, -0.05) is 28.1 Å². The van der Waals surface area contributed by atoms with E-state index < -0.39 is 5.67 Å². The Labute approximate surface area is 87.3 Å². The number of aryl methyl sites for hydroxylation is 1. The molecule has 0 spiro atoms. The lowest BCUT2D eigenvalue weighted by molar-refractivity contribution is 0.202. The van der Waals surface area contributed by atoms with Gasteiger partial charge in [0.1, 0.15) is 5.67 Å². The molecule has 0 aliphatic carbocycles. The van der Waals surface area contributed by atoms with Crippen molar-refractivity contribution in [2.75, 3.05) is 0 Å². The summed E-state index contributed by atoms with van der Waals surface area (Å²) >= 11 is 3.36. The van der Waals surface area contributed by atoms with Gasteiger partial charge in [-0.25, -0.2) is 4.39 Å². The SMILES string of the molecule is CC(C)(F)CCc1ccc(Br)cc1. The topological polar surface area (TPSA) is 0 Å². The van der Waals surface area contributed by atoms with Crippen LogP contribution in [0.15, 0.2) is 28.7 Å². The van der Waals surface area contributed by atoms with Crippen LogP contribution in [0.2, 0.25) is 0 Å². The molecule has 0 radical (unpaired) electrons. The Balaban J connectivity index is 2.51. The molecule has 0 N–H and O–H groups in total. The molecule has 13 heavy (non-hydrogen) atoms. The molecule has 0 bridgehead atoms. The van der Waals surface area contributed by atoms with Crippen LogP contribution in [-0.2, 0) is 6.42 Å². The predicted octanol–water partition coefficient (Wildman–Crippen LogP) is 4.13. The average molecular weight is 245 g/mol. The molecule has 0 saturated heterocycles. The van der Waals surface area contributed by atoms with Crippen molar-refractivity contribution in [3.63, 3.8) is 0 Å². The third-order valence-corrected chi connectivity index (χ3v) is 2.45. The Kier molecular flexibility index (Phi) is 3.48. The number of alkyl halides is 1. The highest BCUT2D eigenvalue weighted by Crippen LogP contribution is 2.18. The van der Waals surface area contributed by atoms with Crippen molar-refractivity contribution in [3.05, 3.63) is 34.3 Å². The van der Waals surface area contributed by atoms with E-state index in [-0.39, 0.29) is 0 Å². The molecular formula is C11H14BrF. The van der Waals surface area contributed by atoms with Crippen molar-refractivity contribution in [2.24, 2.45) is 0 Å². The Morgan fingerprint density at radius 3 is 2.23 bits per heavy atom. The molecule has 0 nitrogen and oxygen atoms in total. The minimum atomic E-state index is -1.06. The maximum Gasteiger partial charge on any atom is 0.105 e. The summed E-state index contributed by atoms with van der Waals surface area (Å²) in [6, 6.07) is 8.02. The number of benzene rings is 1. The van der Waals surface area contributed by atoms with E-state index in [0.717, 1.165) is 10.9 Å². The third-order valence-electron chi connectivity index (χ3n) is 1.92. The quantitative estimate of drug-likeness (QED) is 0.751. The van der Waals surface area contributed by atoms with Crippen LogP contribution < -0.4 is 0 Å². The molecule has 1 aromatic carbocycles. The summed E-state index contributed by atoms with van der Waals surface area (Å²) in [4.78, 5) is 0. The molecule has 0 aliphatic heterocycles. The van der Waals surface area contributed by atoms with Crippen LogP contribution in [0.5, 0.6) is 0 Å². The summed E-state index contributed by atoms with van der Waals surface area (Å²) < 4.78 is 14.2. The summed E-state index contributed by atoms with van der Waals surface area (Å²) in [5.41, 5.74) is 0.126. The summed E-state index contributed by atoms with van der Waals surface area (Å²) in [6.45, 7) is 3.23.